The van der Waals surface area contributed by atoms with Gasteiger partial charge in [-0.1, -0.05) is 58.4 Å². The molecule has 0 aliphatic heterocycles. The first-order valence-electron chi connectivity index (χ1n) is 7.97. The third-order valence-corrected chi connectivity index (χ3v) is 4.17. The van der Waals surface area contributed by atoms with Crippen molar-refractivity contribution in [3.8, 4) is 0 Å². The number of amides is 1. The number of hydrogen-bond acceptors (Lipinski definition) is 3. The van der Waals surface area contributed by atoms with Crippen LogP contribution in [0.25, 0.3) is 0 Å². The van der Waals surface area contributed by atoms with E-state index >= 15 is 0 Å². The molecule has 2 aromatic carbocycles. The molecule has 3 aromatic rings. The minimum atomic E-state index is -0.0610. The van der Waals surface area contributed by atoms with E-state index in [0.29, 0.717) is 18.7 Å². The standard InChI is InChI=1S/C20H18BrN3O/c21-17-8-6-15(7-9-17)12-20(25)24-18-10-11-19(23-14-18)22-13-16-4-2-1-3-5-16/h1-11,14H,12-13H2,(H,22,23)(H,24,25). The molecule has 25 heavy (non-hydrogen) atoms. The van der Waals surface area contributed by atoms with Gasteiger partial charge in [0.15, 0.2) is 0 Å². The maximum Gasteiger partial charge on any atom is 0.228 e. The van der Waals surface area contributed by atoms with Gasteiger partial charge in [-0.3, -0.25) is 4.79 Å². The molecule has 5 heteroatoms. The van der Waals surface area contributed by atoms with E-state index in [0.717, 1.165) is 15.9 Å². The molecule has 0 saturated heterocycles. The molecule has 0 unspecified atom stereocenters. The smallest absolute Gasteiger partial charge is 0.228 e. The van der Waals surface area contributed by atoms with Crippen LogP contribution in [0.3, 0.4) is 0 Å². The largest absolute Gasteiger partial charge is 0.366 e. The first-order valence-corrected chi connectivity index (χ1v) is 8.76. The summed E-state index contributed by atoms with van der Waals surface area (Å²) in [5.74, 6) is 0.712. The average Bonchev–Trinajstić information content (AvgIpc) is 2.64. The van der Waals surface area contributed by atoms with Crippen molar-refractivity contribution in [1.82, 2.24) is 4.98 Å². The summed E-state index contributed by atoms with van der Waals surface area (Å²) in [6, 6.07) is 21.5. The Balaban J connectivity index is 1.51. The highest BCUT2D eigenvalue weighted by molar-refractivity contribution is 9.10. The van der Waals surface area contributed by atoms with E-state index in [1.165, 1.54) is 5.56 Å². The summed E-state index contributed by atoms with van der Waals surface area (Å²) in [6.07, 6.45) is 1.99. The molecular weight excluding hydrogens is 378 g/mol. The summed E-state index contributed by atoms with van der Waals surface area (Å²) < 4.78 is 0.999. The number of hydrogen-bond donors (Lipinski definition) is 2. The highest BCUT2D eigenvalue weighted by Crippen LogP contribution is 2.13. The molecule has 4 nitrogen and oxygen atoms in total. The van der Waals surface area contributed by atoms with Gasteiger partial charge in [0.2, 0.25) is 5.91 Å². The lowest BCUT2D eigenvalue weighted by atomic mass is 10.1. The van der Waals surface area contributed by atoms with E-state index in [1.54, 1.807) is 6.20 Å². The van der Waals surface area contributed by atoms with Gasteiger partial charge in [-0.15, -0.1) is 0 Å². The van der Waals surface area contributed by atoms with Gasteiger partial charge < -0.3 is 10.6 Å². The SMILES string of the molecule is O=C(Cc1ccc(Br)cc1)Nc1ccc(NCc2ccccc2)nc1. The number of pyridine rings is 1. The average molecular weight is 396 g/mol. The van der Waals surface area contributed by atoms with Gasteiger partial charge in [-0.25, -0.2) is 4.98 Å². The van der Waals surface area contributed by atoms with Crippen molar-refractivity contribution in [1.29, 1.82) is 0 Å². The van der Waals surface area contributed by atoms with Crippen LogP contribution in [-0.4, -0.2) is 10.9 Å². The first kappa shape index (κ1) is 17.2. The lowest BCUT2D eigenvalue weighted by molar-refractivity contribution is -0.115. The van der Waals surface area contributed by atoms with E-state index in [4.69, 9.17) is 0 Å². The second-order valence-corrected chi connectivity index (χ2v) is 6.54. The first-order chi connectivity index (χ1) is 12.2. The highest BCUT2D eigenvalue weighted by atomic mass is 79.9. The molecule has 0 bridgehead atoms. The Kier molecular flexibility index (Phi) is 5.80. The zero-order valence-electron chi connectivity index (χ0n) is 13.6. The Labute approximate surface area is 155 Å². The van der Waals surface area contributed by atoms with Gasteiger partial charge >= 0.3 is 0 Å². The fourth-order valence-electron chi connectivity index (χ4n) is 2.35. The predicted octanol–water partition coefficient (Wildman–Crippen LogP) is 4.64. The molecule has 2 N–H and O–H groups in total. The van der Waals surface area contributed by atoms with E-state index in [2.05, 4.69) is 43.7 Å². The quantitative estimate of drug-likeness (QED) is 0.639. The van der Waals surface area contributed by atoms with E-state index in [-0.39, 0.29) is 5.91 Å². The molecule has 0 atom stereocenters. The topological polar surface area (TPSA) is 54.0 Å². The molecule has 0 radical (unpaired) electrons. The third kappa shape index (κ3) is 5.43. The lowest BCUT2D eigenvalue weighted by Gasteiger charge is -2.08. The summed E-state index contributed by atoms with van der Waals surface area (Å²) in [6.45, 7) is 0.711. The van der Waals surface area contributed by atoms with Crippen LogP contribution in [0.4, 0.5) is 11.5 Å². The van der Waals surface area contributed by atoms with Gasteiger partial charge in [-0.05, 0) is 35.4 Å². The second kappa shape index (κ2) is 8.44. The number of halogens is 1. The predicted molar refractivity (Wildman–Crippen MR) is 104 cm³/mol. The Morgan fingerprint density at radius 2 is 1.68 bits per heavy atom. The van der Waals surface area contributed by atoms with Gasteiger partial charge in [0.05, 0.1) is 18.3 Å². The fraction of sp³-hybridized carbons (Fsp3) is 0.100. The monoisotopic (exact) mass is 395 g/mol. The number of nitrogens with zero attached hydrogens (tertiary/aromatic N) is 1. The van der Waals surface area contributed by atoms with Crippen LogP contribution in [0.15, 0.2) is 77.4 Å². The molecule has 0 aliphatic rings. The maximum atomic E-state index is 12.1. The van der Waals surface area contributed by atoms with Crippen molar-refractivity contribution < 1.29 is 4.79 Å². The Morgan fingerprint density at radius 3 is 2.36 bits per heavy atom. The molecule has 0 aliphatic carbocycles. The Bertz CT molecular complexity index is 818. The van der Waals surface area contributed by atoms with Crippen LogP contribution in [0.2, 0.25) is 0 Å². The zero-order valence-corrected chi connectivity index (χ0v) is 15.2. The van der Waals surface area contributed by atoms with Crippen molar-refractivity contribution in [3.63, 3.8) is 0 Å². The van der Waals surface area contributed by atoms with E-state index < -0.39 is 0 Å². The molecule has 126 valence electrons. The minimum absolute atomic E-state index is 0.0610. The van der Waals surface area contributed by atoms with Crippen molar-refractivity contribution in [2.75, 3.05) is 10.6 Å². The maximum absolute atomic E-state index is 12.1. The second-order valence-electron chi connectivity index (χ2n) is 5.62. The summed E-state index contributed by atoms with van der Waals surface area (Å²) in [5, 5.41) is 6.12. The molecule has 3 rings (SSSR count). The van der Waals surface area contributed by atoms with Gasteiger partial charge in [-0.2, -0.15) is 0 Å². The molecule has 1 heterocycles. The van der Waals surface area contributed by atoms with E-state index in [1.807, 2.05) is 54.6 Å². The van der Waals surface area contributed by atoms with Crippen LogP contribution < -0.4 is 10.6 Å². The van der Waals surface area contributed by atoms with Crippen molar-refractivity contribution in [3.05, 3.63) is 88.5 Å². The molecule has 0 fully saturated rings. The number of carbonyl (C=O) groups is 1. The van der Waals surface area contributed by atoms with Crippen molar-refractivity contribution in [2.24, 2.45) is 0 Å². The summed E-state index contributed by atoms with van der Waals surface area (Å²) >= 11 is 3.38. The normalized spacial score (nSPS) is 10.3. The molecular formula is C20H18BrN3O. The van der Waals surface area contributed by atoms with Crippen molar-refractivity contribution in [2.45, 2.75) is 13.0 Å². The van der Waals surface area contributed by atoms with Crippen LogP contribution in [0.1, 0.15) is 11.1 Å². The zero-order chi connectivity index (χ0) is 17.5. The van der Waals surface area contributed by atoms with Crippen molar-refractivity contribution >= 4 is 33.3 Å². The molecule has 0 saturated carbocycles. The number of carbonyl (C=O) groups excluding carboxylic acids is 1. The number of nitrogens with one attached hydrogen (secondary N) is 2. The Hall–Kier alpha value is -2.66. The lowest BCUT2D eigenvalue weighted by Crippen LogP contribution is -2.14. The van der Waals surface area contributed by atoms with Crippen LogP contribution in [0, 0.1) is 0 Å². The molecule has 0 spiro atoms. The van der Waals surface area contributed by atoms with Gasteiger partial charge in [0.1, 0.15) is 5.82 Å². The summed E-state index contributed by atoms with van der Waals surface area (Å²) in [5.41, 5.74) is 2.85. The number of rotatable bonds is 6. The van der Waals surface area contributed by atoms with Crippen LogP contribution in [0.5, 0.6) is 0 Å². The highest BCUT2D eigenvalue weighted by Gasteiger charge is 2.05. The summed E-state index contributed by atoms with van der Waals surface area (Å²) in [7, 11) is 0. The number of benzene rings is 2. The third-order valence-electron chi connectivity index (χ3n) is 3.64. The van der Waals surface area contributed by atoms with Gasteiger partial charge in [0.25, 0.3) is 0 Å². The molecule has 1 aromatic heterocycles. The van der Waals surface area contributed by atoms with Crippen LogP contribution >= 0.6 is 15.9 Å². The molecule has 1 amide bonds. The Morgan fingerprint density at radius 1 is 0.920 bits per heavy atom. The van der Waals surface area contributed by atoms with Gasteiger partial charge in [0, 0.05) is 11.0 Å². The number of aromatic nitrogens is 1. The van der Waals surface area contributed by atoms with Crippen LogP contribution in [-0.2, 0) is 17.8 Å². The number of anilines is 2. The minimum Gasteiger partial charge on any atom is -0.366 e. The summed E-state index contributed by atoms with van der Waals surface area (Å²) in [4.78, 5) is 16.4. The fourth-order valence-corrected chi connectivity index (χ4v) is 2.62. The van der Waals surface area contributed by atoms with E-state index in [9.17, 15) is 4.79 Å².